The van der Waals surface area contributed by atoms with E-state index in [1.807, 2.05) is 37.4 Å². The Morgan fingerprint density at radius 3 is 2.88 bits per heavy atom. The maximum absolute atomic E-state index is 12.7. The van der Waals surface area contributed by atoms with Crippen LogP contribution in [0.3, 0.4) is 0 Å². The second kappa shape index (κ2) is 5.94. The van der Waals surface area contributed by atoms with E-state index in [4.69, 9.17) is 4.42 Å². The number of para-hydroxylation sites is 1. The zero-order chi connectivity index (χ0) is 16.7. The van der Waals surface area contributed by atoms with Crippen molar-refractivity contribution in [2.75, 3.05) is 11.6 Å². The summed E-state index contributed by atoms with van der Waals surface area (Å²) in [4.78, 5) is 21.5. The number of carbonyl (C=O) groups is 1. The molecular weight excluding hydrogens is 322 g/mol. The molecule has 1 aliphatic carbocycles. The van der Waals surface area contributed by atoms with Crippen molar-refractivity contribution in [2.45, 2.75) is 30.7 Å². The number of hydrogen-bond acceptors (Lipinski definition) is 5. The molecule has 0 unspecified atom stereocenters. The number of carbonyl (C=O) groups excluding carboxylic acids is 1. The Balaban J connectivity index is 1.74. The Labute approximate surface area is 143 Å². The summed E-state index contributed by atoms with van der Waals surface area (Å²) in [5.74, 6) is 0.801. The van der Waals surface area contributed by atoms with Gasteiger partial charge in [0, 0.05) is 11.3 Å². The number of anilines is 1. The summed E-state index contributed by atoms with van der Waals surface area (Å²) in [6.07, 6.45) is 5.42. The lowest BCUT2D eigenvalue weighted by atomic mass is 10.1. The average Bonchev–Trinajstić information content (AvgIpc) is 3.33. The number of nitrogens with one attached hydrogen (secondary N) is 1. The summed E-state index contributed by atoms with van der Waals surface area (Å²) >= 11 is 1.52. The largest absolute Gasteiger partial charge is 0.447 e. The first kappa shape index (κ1) is 15.2. The van der Waals surface area contributed by atoms with Crippen LogP contribution in [0.5, 0.6) is 0 Å². The number of nitrogens with zero attached hydrogens (tertiary/aromatic N) is 2. The third-order valence-corrected chi connectivity index (χ3v) is 4.99. The second-order valence-electron chi connectivity index (χ2n) is 5.93. The van der Waals surface area contributed by atoms with Gasteiger partial charge in [0.25, 0.3) is 5.91 Å². The maximum atomic E-state index is 12.7. The number of pyridine rings is 1. The number of fused-ring (bicyclic) bond motifs is 1. The van der Waals surface area contributed by atoms with Crippen molar-refractivity contribution in [1.82, 2.24) is 9.97 Å². The predicted molar refractivity (Wildman–Crippen MR) is 94.7 cm³/mol. The van der Waals surface area contributed by atoms with Crippen LogP contribution in [-0.4, -0.2) is 22.1 Å². The van der Waals surface area contributed by atoms with E-state index in [0.29, 0.717) is 17.4 Å². The highest BCUT2D eigenvalue weighted by Crippen LogP contribution is 2.41. The normalized spacial score (nSPS) is 14.1. The molecule has 1 N–H and O–H groups in total. The van der Waals surface area contributed by atoms with E-state index in [0.717, 1.165) is 40.0 Å². The van der Waals surface area contributed by atoms with Gasteiger partial charge in [0.05, 0.1) is 11.2 Å². The summed E-state index contributed by atoms with van der Waals surface area (Å²) in [7, 11) is 0. The Morgan fingerprint density at radius 2 is 2.12 bits per heavy atom. The van der Waals surface area contributed by atoms with Gasteiger partial charge >= 0.3 is 0 Å². The van der Waals surface area contributed by atoms with Crippen molar-refractivity contribution in [3.8, 4) is 0 Å². The molecule has 0 saturated heterocycles. The van der Waals surface area contributed by atoms with Crippen molar-refractivity contribution in [1.29, 1.82) is 0 Å². The highest BCUT2D eigenvalue weighted by Gasteiger charge is 2.32. The molecule has 0 radical (unpaired) electrons. The van der Waals surface area contributed by atoms with Crippen LogP contribution in [-0.2, 0) is 0 Å². The van der Waals surface area contributed by atoms with Gasteiger partial charge in [-0.25, -0.2) is 9.97 Å². The Bertz CT molecular complexity index is 931. The minimum atomic E-state index is -0.235. The van der Waals surface area contributed by atoms with E-state index in [2.05, 4.69) is 15.3 Å². The van der Waals surface area contributed by atoms with Gasteiger partial charge in [0.15, 0.2) is 12.1 Å². The number of oxazole rings is 1. The van der Waals surface area contributed by atoms with E-state index in [-0.39, 0.29) is 5.91 Å². The first-order chi connectivity index (χ1) is 11.7. The van der Waals surface area contributed by atoms with Gasteiger partial charge in [-0.2, -0.15) is 0 Å². The first-order valence-electron chi connectivity index (χ1n) is 7.87. The van der Waals surface area contributed by atoms with Crippen molar-refractivity contribution in [3.05, 3.63) is 47.7 Å². The number of hydrogen-bond donors (Lipinski definition) is 1. The number of aryl methyl sites for hydroxylation is 1. The summed E-state index contributed by atoms with van der Waals surface area (Å²) < 4.78 is 5.41. The molecular formula is C18H17N3O2S. The topological polar surface area (TPSA) is 68.0 Å². The molecule has 122 valence electrons. The van der Waals surface area contributed by atoms with E-state index in [1.54, 1.807) is 0 Å². The molecule has 0 spiro atoms. The van der Waals surface area contributed by atoms with Crippen LogP contribution in [0.2, 0.25) is 0 Å². The van der Waals surface area contributed by atoms with Gasteiger partial charge in [0.2, 0.25) is 0 Å². The number of thioether (sulfide) groups is 1. The van der Waals surface area contributed by atoms with Crippen molar-refractivity contribution < 1.29 is 9.21 Å². The maximum Gasteiger partial charge on any atom is 0.278 e. The minimum absolute atomic E-state index is 0.235. The lowest BCUT2D eigenvalue weighted by Gasteiger charge is -2.14. The van der Waals surface area contributed by atoms with Gasteiger partial charge in [-0.3, -0.25) is 4.79 Å². The standard InChI is InChI=1S/C18H17N3O2S/c1-10-12-5-3-4-6-13(12)20-18(24-2)14(10)21-17(22)15-16(11-7-8-11)23-9-19-15/h3-6,9,11H,7-8H2,1-2H3,(H,21,22). The highest BCUT2D eigenvalue weighted by molar-refractivity contribution is 7.98. The molecule has 0 aliphatic heterocycles. The Kier molecular flexibility index (Phi) is 3.76. The van der Waals surface area contributed by atoms with Crippen LogP contribution in [0.1, 0.15) is 40.6 Å². The molecule has 24 heavy (non-hydrogen) atoms. The summed E-state index contributed by atoms with van der Waals surface area (Å²) in [5, 5.41) is 4.84. The lowest BCUT2D eigenvalue weighted by molar-refractivity contribution is 0.102. The Morgan fingerprint density at radius 1 is 1.33 bits per heavy atom. The van der Waals surface area contributed by atoms with Crippen LogP contribution < -0.4 is 5.32 Å². The molecule has 5 nitrogen and oxygen atoms in total. The second-order valence-corrected chi connectivity index (χ2v) is 6.73. The fraction of sp³-hybridized carbons (Fsp3) is 0.278. The van der Waals surface area contributed by atoms with E-state index >= 15 is 0 Å². The number of aromatic nitrogens is 2. The van der Waals surface area contributed by atoms with Crippen LogP contribution in [0.15, 0.2) is 40.1 Å². The summed E-state index contributed by atoms with van der Waals surface area (Å²) in [6, 6.07) is 7.94. The van der Waals surface area contributed by atoms with Crippen molar-refractivity contribution >= 4 is 34.3 Å². The third kappa shape index (κ3) is 2.57. The zero-order valence-electron chi connectivity index (χ0n) is 13.5. The molecule has 1 aliphatic rings. The zero-order valence-corrected chi connectivity index (χ0v) is 14.3. The molecule has 3 aromatic rings. The van der Waals surface area contributed by atoms with Gasteiger partial charge in [-0.05, 0) is 37.7 Å². The van der Waals surface area contributed by atoms with Crippen LogP contribution in [0, 0.1) is 6.92 Å². The SMILES string of the molecule is CSc1nc2ccccc2c(C)c1NC(=O)c1ncoc1C1CC1. The van der Waals surface area contributed by atoms with Crippen LogP contribution in [0.4, 0.5) is 5.69 Å². The molecule has 4 rings (SSSR count). The van der Waals surface area contributed by atoms with E-state index in [9.17, 15) is 4.79 Å². The molecule has 1 amide bonds. The molecule has 1 saturated carbocycles. The molecule has 1 fully saturated rings. The fourth-order valence-electron chi connectivity index (χ4n) is 2.88. The Hall–Kier alpha value is -2.34. The monoisotopic (exact) mass is 339 g/mol. The van der Waals surface area contributed by atoms with Gasteiger partial charge in [-0.1, -0.05) is 18.2 Å². The molecule has 6 heteroatoms. The van der Waals surface area contributed by atoms with E-state index < -0.39 is 0 Å². The van der Waals surface area contributed by atoms with Gasteiger partial charge in [-0.15, -0.1) is 11.8 Å². The van der Waals surface area contributed by atoms with Crippen molar-refractivity contribution in [2.24, 2.45) is 0 Å². The smallest absolute Gasteiger partial charge is 0.278 e. The highest BCUT2D eigenvalue weighted by atomic mass is 32.2. The van der Waals surface area contributed by atoms with E-state index in [1.165, 1.54) is 18.2 Å². The van der Waals surface area contributed by atoms with Crippen molar-refractivity contribution in [3.63, 3.8) is 0 Å². The summed E-state index contributed by atoms with van der Waals surface area (Å²) in [6.45, 7) is 2.00. The number of benzene rings is 1. The fourth-order valence-corrected chi connectivity index (χ4v) is 3.48. The quantitative estimate of drug-likeness (QED) is 0.714. The third-order valence-electron chi connectivity index (χ3n) is 4.31. The first-order valence-corrected chi connectivity index (χ1v) is 9.09. The van der Waals surface area contributed by atoms with Crippen LogP contribution >= 0.6 is 11.8 Å². The number of rotatable bonds is 4. The molecule has 0 bridgehead atoms. The van der Waals surface area contributed by atoms with Gasteiger partial charge in [0.1, 0.15) is 10.8 Å². The number of amides is 1. The van der Waals surface area contributed by atoms with Crippen LogP contribution in [0.25, 0.3) is 10.9 Å². The molecule has 0 atom stereocenters. The predicted octanol–water partition coefficient (Wildman–Crippen LogP) is 4.38. The minimum Gasteiger partial charge on any atom is -0.447 e. The molecule has 2 aromatic heterocycles. The van der Waals surface area contributed by atoms with Gasteiger partial charge < -0.3 is 9.73 Å². The molecule has 1 aromatic carbocycles. The average molecular weight is 339 g/mol. The lowest BCUT2D eigenvalue weighted by Crippen LogP contribution is -2.16. The molecule has 2 heterocycles. The summed E-state index contributed by atoms with van der Waals surface area (Å²) in [5.41, 5.74) is 3.07.